The number of hydrogen-bond acceptors (Lipinski definition) is 4. The van der Waals surface area contributed by atoms with Gasteiger partial charge in [0, 0.05) is 47.2 Å². The van der Waals surface area contributed by atoms with Gasteiger partial charge in [-0.3, -0.25) is 4.79 Å². The minimum Gasteiger partial charge on any atom is -0.473 e. The largest absolute Gasteiger partial charge is 0.473 e. The van der Waals surface area contributed by atoms with Crippen LogP contribution in [0.3, 0.4) is 0 Å². The summed E-state index contributed by atoms with van der Waals surface area (Å²) in [5.74, 6) is 2.54. The van der Waals surface area contributed by atoms with E-state index in [-0.39, 0.29) is 12.0 Å². The topological polar surface area (TPSA) is 67.0 Å². The SMILES string of the molecule is O=C(NCCc1c[nH]c2ccccc12)c1ccnc(OC2CCSC2)c1. The first-order valence-electron chi connectivity index (χ1n) is 8.83. The normalized spacial score (nSPS) is 16.7. The number of carbonyl (C=O) groups is 1. The van der Waals surface area contributed by atoms with E-state index < -0.39 is 0 Å². The Morgan fingerprint density at radius 3 is 3.15 bits per heavy atom. The van der Waals surface area contributed by atoms with Gasteiger partial charge in [-0.15, -0.1) is 0 Å². The number of aromatic amines is 1. The minimum absolute atomic E-state index is 0.0992. The molecule has 1 aliphatic heterocycles. The third kappa shape index (κ3) is 3.85. The predicted octanol–water partition coefficient (Wildman–Crippen LogP) is 3.42. The van der Waals surface area contributed by atoms with Gasteiger partial charge in [-0.25, -0.2) is 4.98 Å². The molecule has 0 bridgehead atoms. The van der Waals surface area contributed by atoms with Crippen LogP contribution in [0.15, 0.2) is 48.8 Å². The molecule has 0 radical (unpaired) electrons. The van der Waals surface area contributed by atoms with Gasteiger partial charge in [-0.1, -0.05) is 18.2 Å². The summed E-state index contributed by atoms with van der Waals surface area (Å²) in [4.78, 5) is 19.9. The number of carbonyl (C=O) groups excluding carboxylic acids is 1. The quantitative estimate of drug-likeness (QED) is 0.701. The second kappa shape index (κ2) is 7.83. The van der Waals surface area contributed by atoms with E-state index in [0.717, 1.165) is 29.9 Å². The number of nitrogens with one attached hydrogen (secondary N) is 2. The smallest absolute Gasteiger partial charge is 0.251 e. The lowest BCUT2D eigenvalue weighted by atomic mass is 10.1. The molecule has 1 amide bonds. The zero-order chi connectivity index (χ0) is 17.8. The molecule has 5 nitrogen and oxygen atoms in total. The fourth-order valence-corrected chi connectivity index (χ4v) is 4.24. The molecule has 6 heteroatoms. The van der Waals surface area contributed by atoms with Crippen LogP contribution in [0.5, 0.6) is 5.88 Å². The van der Waals surface area contributed by atoms with Gasteiger partial charge in [0.15, 0.2) is 0 Å². The number of para-hydroxylation sites is 1. The molecule has 134 valence electrons. The lowest BCUT2D eigenvalue weighted by molar-refractivity contribution is 0.0953. The highest BCUT2D eigenvalue weighted by Gasteiger charge is 2.18. The molecule has 1 atom stereocenters. The highest BCUT2D eigenvalue weighted by molar-refractivity contribution is 7.99. The molecule has 3 heterocycles. The summed E-state index contributed by atoms with van der Waals surface area (Å²) >= 11 is 1.89. The Morgan fingerprint density at radius 1 is 1.35 bits per heavy atom. The van der Waals surface area contributed by atoms with Crippen LogP contribution in [0.1, 0.15) is 22.3 Å². The van der Waals surface area contributed by atoms with Crippen molar-refractivity contribution < 1.29 is 9.53 Å². The van der Waals surface area contributed by atoms with Gasteiger partial charge in [0.25, 0.3) is 5.91 Å². The van der Waals surface area contributed by atoms with Crippen molar-refractivity contribution in [2.45, 2.75) is 18.9 Å². The Morgan fingerprint density at radius 2 is 2.27 bits per heavy atom. The fourth-order valence-electron chi connectivity index (χ4n) is 3.14. The first-order chi connectivity index (χ1) is 12.8. The Kier molecular flexibility index (Phi) is 5.11. The van der Waals surface area contributed by atoms with Crippen molar-refractivity contribution in [3.05, 3.63) is 59.9 Å². The summed E-state index contributed by atoms with van der Waals surface area (Å²) in [6.07, 6.45) is 5.66. The first-order valence-corrected chi connectivity index (χ1v) is 9.99. The van der Waals surface area contributed by atoms with E-state index in [0.29, 0.717) is 18.0 Å². The maximum Gasteiger partial charge on any atom is 0.251 e. The van der Waals surface area contributed by atoms with Crippen molar-refractivity contribution in [1.29, 1.82) is 0 Å². The average molecular weight is 367 g/mol. The maximum absolute atomic E-state index is 12.4. The molecule has 26 heavy (non-hydrogen) atoms. The molecule has 0 aliphatic carbocycles. The molecule has 3 aromatic rings. The number of aromatic nitrogens is 2. The summed E-state index contributed by atoms with van der Waals surface area (Å²) in [7, 11) is 0. The number of ether oxygens (including phenoxy) is 1. The van der Waals surface area contributed by atoms with Crippen LogP contribution in [0.25, 0.3) is 10.9 Å². The van der Waals surface area contributed by atoms with E-state index in [1.54, 1.807) is 18.3 Å². The van der Waals surface area contributed by atoms with Crippen LogP contribution in [-0.2, 0) is 6.42 Å². The molecule has 0 spiro atoms. The molecule has 0 saturated carbocycles. The van der Waals surface area contributed by atoms with E-state index in [1.165, 1.54) is 10.9 Å². The maximum atomic E-state index is 12.4. The number of thioether (sulfide) groups is 1. The molecule has 1 aromatic carbocycles. The molecule has 2 aromatic heterocycles. The Hall–Kier alpha value is -2.47. The molecule has 1 unspecified atom stereocenters. The van der Waals surface area contributed by atoms with E-state index in [1.807, 2.05) is 30.1 Å². The third-order valence-corrected chi connectivity index (χ3v) is 5.66. The van der Waals surface area contributed by atoms with Gasteiger partial charge in [-0.2, -0.15) is 11.8 Å². The van der Waals surface area contributed by atoms with Gasteiger partial charge in [0.05, 0.1) is 0 Å². The van der Waals surface area contributed by atoms with Crippen LogP contribution in [0.2, 0.25) is 0 Å². The number of amides is 1. The zero-order valence-electron chi connectivity index (χ0n) is 14.4. The summed E-state index contributed by atoms with van der Waals surface area (Å²) in [6, 6.07) is 11.6. The van der Waals surface area contributed by atoms with Crippen LogP contribution in [0.4, 0.5) is 0 Å². The zero-order valence-corrected chi connectivity index (χ0v) is 15.2. The fraction of sp³-hybridized carbons (Fsp3) is 0.300. The number of fused-ring (bicyclic) bond motifs is 1. The molecule has 4 rings (SSSR count). The lowest BCUT2D eigenvalue weighted by Crippen LogP contribution is -2.26. The average Bonchev–Trinajstić information content (AvgIpc) is 3.32. The molecule has 1 aliphatic rings. The second-order valence-electron chi connectivity index (χ2n) is 6.35. The monoisotopic (exact) mass is 367 g/mol. The van der Waals surface area contributed by atoms with Gasteiger partial charge >= 0.3 is 0 Å². The molecule has 2 N–H and O–H groups in total. The number of nitrogens with zero attached hydrogens (tertiary/aromatic N) is 1. The van der Waals surface area contributed by atoms with Gasteiger partial charge < -0.3 is 15.0 Å². The molecule has 1 fully saturated rings. The van der Waals surface area contributed by atoms with Gasteiger partial charge in [-0.05, 0) is 36.3 Å². The van der Waals surface area contributed by atoms with Crippen LogP contribution >= 0.6 is 11.8 Å². The first kappa shape index (κ1) is 17.0. The van der Waals surface area contributed by atoms with Gasteiger partial charge in [0.1, 0.15) is 6.10 Å². The molecule has 1 saturated heterocycles. The molecular formula is C20H21N3O2S. The number of hydrogen-bond donors (Lipinski definition) is 2. The van der Waals surface area contributed by atoms with Crippen molar-refractivity contribution in [3.8, 4) is 5.88 Å². The highest BCUT2D eigenvalue weighted by atomic mass is 32.2. The van der Waals surface area contributed by atoms with E-state index >= 15 is 0 Å². The predicted molar refractivity (Wildman–Crippen MR) is 105 cm³/mol. The van der Waals surface area contributed by atoms with Gasteiger partial charge in [0.2, 0.25) is 5.88 Å². The van der Waals surface area contributed by atoms with Crippen molar-refractivity contribution in [3.63, 3.8) is 0 Å². The van der Waals surface area contributed by atoms with E-state index in [4.69, 9.17) is 4.74 Å². The van der Waals surface area contributed by atoms with E-state index in [9.17, 15) is 4.79 Å². The van der Waals surface area contributed by atoms with Crippen LogP contribution < -0.4 is 10.1 Å². The summed E-state index contributed by atoms with van der Waals surface area (Å²) in [5, 5.41) is 4.19. The second-order valence-corrected chi connectivity index (χ2v) is 7.50. The van der Waals surface area contributed by atoms with Crippen molar-refractivity contribution >= 4 is 28.6 Å². The van der Waals surface area contributed by atoms with Crippen LogP contribution in [-0.4, -0.2) is 40.0 Å². The van der Waals surface area contributed by atoms with Crippen molar-refractivity contribution in [2.75, 3.05) is 18.1 Å². The Balaban J connectivity index is 1.34. The number of benzene rings is 1. The Bertz CT molecular complexity index is 903. The standard InChI is InChI=1S/C20H21N3O2S/c24-20(14-5-8-21-19(11-14)25-16-7-10-26-13-16)22-9-6-15-12-23-18-4-2-1-3-17(15)18/h1-5,8,11-12,16,23H,6-7,9-10,13H2,(H,22,24). The van der Waals surface area contributed by atoms with Crippen molar-refractivity contribution in [2.24, 2.45) is 0 Å². The summed E-state index contributed by atoms with van der Waals surface area (Å²) in [5.41, 5.74) is 2.91. The van der Waals surface area contributed by atoms with Crippen LogP contribution in [0, 0.1) is 0 Å². The molecular weight excluding hydrogens is 346 g/mol. The number of H-pyrrole nitrogens is 1. The Labute approximate surface area is 156 Å². The third-order valence-electron chi connectivity index (χ3n) is 4.53. The number of rotatable bonds is 6. The highest BCUT2D eigenvalue weighted by Crippen LogP contribution is 2.22. The van der Waals surface area contributed by atoms with Crippen molar-refractivity contribution in [1.82, 2.24) is 15.3 Å². The lowest BCUT2D eigenvalue weighted by Gasteiger charge is -2.12. The minimum atomic E-state index is -0.0992. The van der Waals surface area contributed by atoms with E-state index in [2.05, 4.69) is 27.4 Å². The number of pyridine rings is 1. The summed E-state index contributed by atoms with van der Waals surface area (Å²) in [6.45, 7) is 0.582. The summed E-state index contributed by atoms with van der Waals surface area (Å²) < 4.78 is 5.86.